The molecule has 1 fully saturated rings. The SMILES string of the molecule is COc1ccc(C[C@@]2(CCC(=O)N[C@H](C)CO)CCC(=O)N2)c2ccccc12. The zero-order valence-corrected chi connectivity index (χ0v) is 16.5. The molecule has 1 heterocycles. The van der Waals surface area contributed by atoms with Crippen LogP contribution in [-0.4, -0.2) is 42.2 Å². The molecule has 2 atom stereocenters. The van der Waals surface area contributed by atoms with Crippen molar-refractivity contribution in [2.45, 2.75) is 50.6 Å². The third kappa shape index (κ3) is 4.44. The Morgan fingerprint density at radius 1 is 1.29 bits per heavy atom. The van der Waals surface area contributed by atoms with Gasteiger partial charge in [0.15, 0.2) is 0 Å². The van der Waals surface area contributed by atoms with Crippen molar-refractivity contribution in [3.05, 3.63) is 42.0 Å². The number of carbonyl (C=O) groups excluding carboxylic acids is 2. The van der Waals surface area contributed by atoms with E-state index in [9.17, 15) is 9.59 Å². The molecule has 2 aromatic rings. The summed E-state index contributed by atoms with van der Waals surface area (Å²) in [6.45, 7) is 1.67. The van der Waals surface area contributed by atoms with Gasteiger partial charge in [-0.2, -0.15) is 0 Å². The molecule has 0 saturated carbocycles. The van der Waals surface area contributed by atoms with E-state index in [0.29, 0.717) is 32.1 Å². The fourth-order valence-electron chi connectivity index (χ4n) is 3.96. The lowest BCUT2D eigenvalue weighted by molar-refractivity contribution is -0.123. The van der Waals surface area contributed by atoms with Crippen molar-refractivity contribution in [2.24, 2.45) is 0 Å². The van der Waals surface area contributed by atoms with E-state index < -0.39 is 5.54 Å². The molecule has 28 heavy (non-hydrogen) atoms. The molecule has 2 amide bonds. The van der Waals surface area contributed by atoms with Crippen LogP contribution in [0.15, 0.2) is 36.4 Å². The summed E-state index contributed by atoms with van der Waals surface area (Å²) in [6.07, 6.45) is 2.70. The van der Waals surface area contributed by atoms with Gasteiger partial charge >= 0.3 is 0 Å². The number of carbonyl (C=O) groups is 2. The third-order valence-electron chi connectivity index (χ3n) is 5.47. The van der Waals surface area contributed by atoms with Crippen molar-refractivity contribution in [1.82, 2.24) is 10.6 Å². The van der Waals surface area contributed by atoms with Crippen LogP contribution in [-0.2, 0) is 16.0 Å². The molecule has 1 aliphatic rings. The van der Waals surface area contributed by atoms with Gasteiger partial charge < -0.3 is 20.5 Å². The minimum Gasteiger partial charge on any atom is -0.496 e. The summed E-state index contributed by atoms with van der Waals surface area (Å²) < 4.78 is 5.48. The molecule has 0 unspecified atom stereocenters. The highest BCUT2D eigenvalue weighted by Gasteiger charge is 2.38. The van der Waals surface area contributed by atoms with Crippen molar-refractivity contribution in [3.8, 4) is 5.75 Å². The molecule has 150 valence electrons. The Balaban J connectivity index is 1.83. The molecule has 6 heteroatoms. The Kier molecular flexibility index (Phi) is 6.19. The summed E-state index contributed by atoms with van der Waals surface area (Å²) in [7, 11) is 1.66. The average molecular weight is 384 g/mol. The zero-order valence-electron chi connectivity index (χ0n) is 16.5. The average Bonchev–Trinajstić information content (AvgIpc) is 3.07. The van der Waals surface area contributed by atoms with Gasteiger partial charge in [-0.3, -0.25) is 9.59 Å². The maximum atomic E-state index is 12.2. The summed E-state index contributed by atoms with van der Waals surface area (Å²) >= 11 is 0. The van der Waals surface area contributed by atoms with Gasteiger partial charge in [0.25, 0.3) is 0 Å². The second kappa shape index (κ2) is 8.61. The molecular formula is C22H28N2O4. The van der Waals surface area contributed by atoms with Crippen molar-refractivity contribution in [2.75, 3.05) is 13.7 Å². The van der Waals surface area contributed by atoms with E-state index in [4.69, 9.17) is 9.84 Å². The van der Waals surface area contributed by atoms with E-state index in [-0.39, 0.29) is 24.5 Å². The summed E-state index contributed by atoms with van der Waals surface area (Å²) in [5, 5.41) is 17.1. The molecule has 6 nitrogen and oxygen atoms in total. The number of benzene rings is 2. The van der Waals surface area contributed by atoms with Crippen molar-refractivity contribution in [3.63, 3.8) is 0 Å². The van der Waals surface area contributed by atoms with Crippen molar-refractivity contribution in [1.29, 1.82) is 0 Å². The van der Waals surface area contributed by atoms with Crippen LogP contribution in [0.1, 0.15) is 38.2 Å². The lowest BCUT2D eigenvalue weighted by Crippen LogP contribution is -2.45. The molecule has 0 aromatic heterocycles. The minimum absolute atomic E-state index is 0.0296. The van der Waals surface area contributed by atoms with Crippen LogP contribution < -0.4 is 15.4 Å². The molecule has 3 N–H and O–H groups in total. The Bertz CT molecular complexity index is 867. The van der Waals surface area contributed by atoms with Crippen LogP contribution in [0, 0.1) is 0 Å². The van der Waals surface area contributed by atoms with E-state index in [0.717, 1.165) is 22.1 Å². The highest BCUT2D eigenvalue weighted by atomic mass is 16.5. The topological polar surface area (TPSA) is 87.7 Å². The molecule has 0 spiro atoms. The highest BCUT2D eigenvalue weighted by molar-refractivity contribution is 5.91. The quantitative estimate of drug-likeness (QED) is 0.652. The largest absolute Gasteiger partial charge is 0.496 e. The number of hydrogen-bond acceptors (Lipinski definition) is 4. The predicted octanol–water partition coefficient (Wildman–Crippen LogP) is 2.32. The number of aliphatic hydroxyl groups is 1. The summed E-state index contributed by atoms with van der Waals surface area (Å²) in [4.78, 5) is 24.2. The van der Waals surface area contributed by atoms with Crippen LogP contribution in [0.4, 0.5) is 0 Å². The van der Waals surface area contributed by atoms with Crippen LogP contribution >= 0.6 is 0 Å². The van der Waals surface area contributed by atoms with Gasteiger partial charge in [0.2, 0.25) is 11.8 Å². The standard InChI is InChI=1S/C22H28N2O4/c1-15(14-25)23-20(26)9-11-22(12-10-21(27)24-22)13-16-7-8-19(28-2)18-6-4-3-5-17(16)18/h3-8,15,25H,9-14H2,1-2H3,(H,23,26)(H,24,27)/t15-,22-/m1/s1. The fraction of sp³-hybridized carbons (Fsp3) is 0.455. The van der Waals surface area contributed by atoms with Gasteiger partial charge in [-0.05, 0) is 43.2 Å². The number of aliphatic hydroxyl groups excluding tert-OH is 1. The molecule has 3 rings (SSSR count). The number of rotatable bonds is 8. The summed E-state index contributed by atoms with van der Waals surface area (Å²) in [5.74, 6) is 0.741. The van der Waals surface area contributed by atoms with E-state index in [2.05, 4.69) is 16.7 Å². The van der Waals surface area contributed by atoms with Crippen LogP contribution in [0.25, 0.3) is 10.8 Å². The first-order chi connectivity index (χ1) is 13.5. The van der Waals surface area contributed by atoms with Gasteiger partial charge in [0.05, 0.1) is 13.7 Å². The normalized spacial score (nSPS) is 20.0. The maximum Gasteiger partial charge on any atom is 0.220 e. The number of fused-ring (bicyclic) bond motifs is 1. The number of methoxy groups -OCH3 is 1. The lowest BCUT2D eigenvalue weighted by atomic mass is 9.83. The lowest BCUT2D eigenvalue weighted by Gasteiger charge is -2.30. The Morgan fingerprint density at radius 2 is 2.04 bits per heavy atom. The molecule has 2 aromatic carbocycles. The Hall–Kier alpha value is -2.60. The third-order valence-corrected chi connectivity index (χ3v) is 5.47. The second-order valence-corrected chi connectivity index (χ2v) is 7.63. The monoisotopic (exact) mass is 384 g/mol. The first-order valence-electron chi connectivity index (χ1n) is 9.72. The molecule has 0 bridgehead atoms. The van der Waals surface area contributed by atoms with E-state index in [1.807, 2.05) is 30.3 Å². The molecular weight excluding hydrogens is 356 g/mol. The minimum atomic E-state index is -0.436. The molecule has 0 aliphatic carbocycles. The summed E-state index contributed by atoms with van der Waals surface area (Å²) in [5.41, 5.74) is 0.691. The second-order valence-electron chi connectivity index (χ2n) is 7.63. The van der Waals surface area contributed by atoms with Gasteiger partial charge in [-0.15, -0.1) is 0 Å². The Morgan fingerprint density at radius 3 is 2.68 bits per heavy atom. The van der Waals surface area contributed by atoms with Crippen molar-refractivity contribution >= 4 is 22.6 Å². The maximum absolute atomic E-state index is 12.2. The first kappa shape index (κ1) is 20.1. The van der Waals surface area contributed by atoms with Gasteiger partial charge in [0, 0.05) is 29.8 Å². The molecule has 1 saturated heterocycles. The van der Waals surface area contributed by atoms with Crippen LogP contribution in [0.3, 0.4) is 0 Å². The van der Waals surface area contributed by atoms with Crippen LogP contribution in [0.2, 0.25) is 0 Å². The predicted molar refractivity (Wildman–Crippen MR) is 108 cm³/mol. The first-order valence-corrected chi connectivity index (χ1v) is 9.72. The number of hydrogen-bond donors (Lipinski definition) is 3. The van der Waals surface area contributed by atoms with Gasteiger partial charge in [0.1, 0.15) is 5.75 Å². The number of nitrogens with one attached hydrogen (secondary N) is 2. The summed E-state index contributed by atoms with van der Waals surface area (Å²) in [6, 6.07) is 11.8. The van der Waals surface area contributed by atoms with Crippen molar-refractivity contribution < 1.29 is 19.4 Å². The zero-order chi connectivity index (χ0) is 20.1. The smallest absolute Gasteiger partial charge is 0.220 e. The molecule has 0 radical (unpaired) electrons. The van der Waals surface area contributed by atoms with E-state index in [1.54, 1.807) is 14.0 Å². The van der Waals surface area contributed by atoms with E-state index >= 15 is 0 Å². The highest BCUT2D eigenvalue weighted by Crippen LogP contribution is 2.34. The van der Waals surface area contributed by atoms with E-state index in [1.165, 1.54) is 0 Å². The van der Waals surface area contributed by atoms with Gasteiger partial charge in [-0.1, -0.05) is 30.3 Å². The number of amides is 2. The molecule has 1 aliphatic heterocycles. The van der Waals surface area contributed by atoms with Crippen LogP contribution in [0.5, 0.6) is 5.75 Å². The Labute approximate surface area is 165 Å². The van der Waals surface area contributed by atoms with Gasteiger partial charge in [-0.25, -0.2) is 0 Å². The fourth-order valence-corrected chi connectivity index (χ4v) is 3.96. The number of ether oxygens (including phenoxy) is 1.